The van der Waals surface area contributed by atoms with Gasteiger partial charge in [-0.15, -0.1) is 5.10 Å². The van der Waals surface area contributed by atoms with Gasteiger partial charge in [-0.1, -0.05) is 18.2 Å². The molecule has 0 atom stereocenters. The van der Waals surface area contributed by atoms with E-state index in [1.807, 2.05) is 64.5 Å². The van der Waals surface area contributed by atoms with Gasteiger partial charge in [-0.05, 0) is 38.1 Å². The highest BCUT2D eigenvalue weighted by molar-refractivity contribution is 5.89. The van der Waals surface area contributed by atoms with Gasteiger partial charge in [0, 0.05) is 42.8 Å². The largest absolute Gasteiger partial charge is 0.377 e. The van der Waals surface area contributed by atoms with Gasteiger partial charge in [0.05, 0.1) is 5.69 Å². The summed E-state index contributed by atoms with van der Waals surface area (Å²) in [5.74, 6) is 0.0554. The number of rotatable bonds is 5. The predicted molar refractivity (Wildman–Crippen MR) is 113 cm³/mol. The summed E-state index contributed by atoms with van der Waals surface area (Å²) in [7, 11) is 4.03. The summed E-state index contributed by atoms with van der Waals surface area (Å²) in [6.45, 7) is 3.94. The number of nitrogens with one attached hydrogen (secondary N) is 1. The minimum Gasteiger partial charge on any atom is -0.377 e. The molecule has 0 saturated carbocycles. The van der Waals surface area contributed by atoms with Crippen molar-refractivity contribution >= 4 is 23.2 Å². The van der Waals surface area contributed by atoms with Crippen LogP contribution in [0.25, 0.3) is 16.8 Å². The van der Waals surface area contributed by atoms with Crippen molar-refractivity contribution in [1.29, 1.82) is 0 Å². The standard InChI is InChI=1S/C21H23N7O/c1-14-11-15(2)27(24-14)13-20(29)23-21-22-19-10-9-16(12-28(19)25-21)17-7-5-6-8-18(17)26(3)4/h5-12H,13H2,1-4H3,(H,23,25,29). The lowest BCUT2D eigenvalue weighted by atomic mass is 10.1. The van der Waals surface area contributed by atoms with Crippen LogP contribution in [0, 0.1) is 13.8 Å². The molecule has 4 aromatic rings. The van der Waals surface area contributed by atoms with Crippen LogP contribution in [0.15, 0.2) is 48.7 Å². The minimum absolute atomic E-state index is 0.122. The zero-order chi connectivity index (χ0) is 20.5. The Labute approximate surface area is 168 Å². The number of hydrogen-bond acceptors (Lipinski definition) is 5. The molecule has 0 aliphatic heterocycles. The van der Waals surface area contributed by atoms with Gasteiger partial charge >= 0.3 is 0 Å². The molecule has 8 heteroatoms. The monoisotopic (exact) mass is 389 g/mol. The second-order valence-corrected chi connectivity index (χ2v) is 7.20. The van der Waals surface area contributed by atoms with Crippen LogP contribution in [0.1, 0.15) is 11.4 Å². The molecule has 29 heavy (non-hydrogen) atoms. The number of aryl methyl sites for hydroxylation is 2. The Bertz CT molecular complexity index is 1190. The van der Waals surface area contributed by atoms with E-state index in [0.29, 0.717) is 5.65 Å². The molecule has 0 saturated heterocycles. The number of pyridine rings is 1. The number of anilines is 2. The Hall–Kier alpha value is -3.68. The average molecular weight is 389 g/mol. The topological polar surface area (TPSA) is 80.4 Å². The van der Waals surface area contributed by atoms with Gasteiger partial charge in [0.2, 0.25) is 11.9 Å². The number of benzene rings is 1. The second-order valence-electron chi connectivity index (χ2n) is 7.20. The van der Waals surface area contributed by atoms with Gasteiger partial charge in [-0.25, -0.2) is 4.52 Å². The lowest BCUT2D eigenvalue weighted by Crippen LogP contribution is -2.21. The second kappa shape index (κ2) is 7.38. The van der Waals surface area contributed by atoms with Gasteiger partial charge in [0.1, 0.15) is 6.54 Å². The van der Waals surface area contributed by atoms with Crippen molar-refractivity contribution in [2.24, 2.45) is 0 Å². The zero-order valence-corrected chi connectivity index (χ0v) is 16.9. The highest BCUT2D eigenvalue weighted by Gasteiger charge is 2.12. The first kappa shape index (κ1) is 18.7. The fourth-order valence-corrected chi connectivity index (χ4v) is 3.34. The fraction of sp³-hybridized carbons (Fsp3) is 0.238. The van der Waals surface area contributed by atoms with Gasteiger partial charge < -0.3 is 4.90 Å². The van der Waals surface area contributed by atoms with Crippen molar-refractivity contribution in [2.75, 3.05) is 24.3 Å². The third-order valence-electron chi connectivity index (χ3n) is 4.68. The smallest absolute Gasteiger partial charge is 0.249 e. The number of aromatic nitrogens is 5. The molecule has 0 radical (unpaired) electrons. The summed E-state index contributed by atoms with van der Waals surface area (Å²) in [6, 6.07) is 14.0. The molecule has 1 aromatic carbocycles. The number of amides is 1. The first-order valence-electron chi connectivity index (χ1n) is 9.35. The van der Waals surface area contributed by atoms with E-state index >= 15 is 0 Å². The van der Waals surface area contributed by atoms with Crippen LogP contribution < -0.4 is 10.2 Å². The molecule has 0 unspecified atom stereocenters. The molecule has 0 fully saturated rings. The van der Waals surface area contributed by atoms with Crippen LogP contribution in [0.5, 0.6) is 0 Å². The van der Waals surface area contributed by atoms with E-state index in [0.717, 1.165) is 28.2 Å². The van der Waals surface area contributed by atoms with E-state index < -0.39 is 0 Å². The Morgan fingerprint density at radius 2 is 1.90 bits per heavy atom. The SMILES string of the molecule is Cc1cc(C)n(CC(=O)Nc2nc3ccc(-c4ccccc4N(C)C)cn3n2)n1. The minimum atomic E-state index is -0.217. The Morgan fingerprint density at radius 1 is 1.10 bits per heavy atom. The maximum absolute atomic E-state index is 12.4. The summed E-state index contributed by atoms with van der Waals surface area (Å²) in [4.78, 5) is 18.8. The normalized spacial score (nSPS) is 11.0. The Balaban J connectivity index is 1.57. The number of hydrogen-bond donors (Lipinski definition) is 1. The van der Waals surface area contributed by atoms with Crippen molar-refractivity contribution in [1.82, 2.24) is 24.4 Å². The molecule has 0 bridgehead atoms. The molecule has 3 aromatic heterocycles. The number of nitrogens with zero attached hydrogens (tertiary/aromatic N) is 6. The van der Waals surface area contributed by atoms with E-state index in [-0.39, 0.29) is 18.4 Å². The first-order chi connectivity index (χ1) is 13.9. The molecule has 148 valence electrons. The maximum atomic E-state index is 12.4. The van der Waals surface area contributed by atoms with Crippen LogP contribution in [-0.2, 0) is 11.3 Å². The molecule has 0 aliphatic carbocycles. The summed E-state index contributed by atoms with van der Waals surface area (Å²) >= 11 is 0. The van der Waals surface area contributed by atoms with E-state index in [2.05, 4.69) is 37.5 Å². The van der Waals surface area contributed by atoms with E-state index in [4.69, 9.17) is 0 Å². The third kappa shape index (κ3) is 3.82. The molecule has 0 spiro atoms. The van der Waals surface area contributed by atoms with Crippen LogP contribution in [0.4, 0.5) is 11.6 Å². The molecule has 4 rings (SSSR count). The van der Waals surface area contributed by atoms with Crippen LogP contribution in [-0.4, -0.2) is 44.4 Å². The van der Waals surface area contributed by atoms with E-state index in [1.54, 1.807) is 9.20 Å². The maximum Gasteiger partial charge on any atom is 0.249 e. The molecule has 3 heterocycles. The van der Waals surface area contributed by atoms with Crippen molar-refractivity contribution in [3.63, 3.8) is 0 Å². The molecule has 0 aliphatic rings. The van der Waals surface area contributed by atoms with Crippen LogP contribution >= 0.6 is 0 Å². The average Bonchev–Trinajstić information content (AvgIpc) is 3.22. The molecule has 8 nitrogen and oxygen atoms in total. The summed E-state index contributed by atoms with van der Waals surface area (Å²) in [5.41, 5.74) is 5.72. The summed E-state index contributed by atoms with van der Waals surface area (Å²) in [5, 5.41) is 11.5. The number of carbonyl (C=O) groups is 1. The highest BCUT2D eigenvalue weighted by atomic mass is 16.2. The van der Waals surface area contributed by atoms with Crippen LogP contribution in [0.3, 0.4) is 0 Å². The number of fused-ring (bicyclic) bond motifs is 1. The lowest BCUT2D eigenvalue weighted by Gasteiger charge is -2.17. The molecule has 1 N–H and O–H groups in total. The van der Waals surface area contributed by atoms with E-state index in [9.17, 15) is 4.79 Å². The molecular formula is C21H23N7O. The third-order valence-corrected chi connectivity index (χ3v) is 4.68. The fourth-order valence-electron chi connectivity index (χ4n) is 3.34. The van der Waals surface area contributed by atoms with E-state index in [1.165, 1.54) is 0 Å². The predicted octanol–water partition coefficient (Wildman–Crippen LogP) is 2.91. The summed E-state index contributed by atoms with van der Waals surface area (Å²) in [6.07, 6.45) is 1.92. The van der Waals surface area contributed by atoms with Crippen LogP contribution in [0.2, 0.25) is 0 Å². The van der Waals surface area contributed by atoms with Gasteiger partial charge in [0.25, 0.3) is 0 Å². The zero-order valence-electron chi connectivity index (χ0n) is 16.9. The number of para-hydroxylation sites is 1. The van der Waals surface area contributed by atoms with Gasteiger partial charge in [-0.3, -0.25) is 14.8 Å². The molecular weight excluding hydrogens is 366 g/mol. The first-order valence-corrected chi connectivity index (χ1v) is 9.35. The van der Waals surface area contributed by atoms with Crippen molar-refractivity contribution in [2.45, 2.75) is 20.4 Å². The van der Waals surface area contributed by atoms with Crippen molar-refractivity contribution in [3.8, 4) is 11.1 Å². The van der Waals surface area contributed by atoms with Gasteiger partial charge in [-0.2, -0.15) is 10.1 Å². The quantitative estimate of drug-likeness (QED) is 0.568. The highest BCUT2D eigenvalue weighted by Crippen LogP contribution is 2.29. The van der Waals surface area contributed by atoms with Gasteiger partial charge in [0.15, 0.2) is 5.65 Å². The number of carbonyl (C=O) groups excluding carboxylic acids is 1. The molecule has 1 amide bonds. The van der Waals surface area contributed by atoms with Crippen molar-refractivity contribution < 1.29 is 4.79 Å². The Kier molecular flexibility index (Phi) is 4.75. The summed E-state index contributed by atoms with van der Waals surface area (Å²) < 4.78 is 3.34. The van der Waals surface area contributed by atoms with Crippen molar-refractivity contribution in [3.05, 3.63) is 60.0 Å². The lowest BCUT2D eigenvalue weighted by molar-refractivity contribution is -0.117. The Morgan fingerprint density at radius 3 is 2.62 bits per heavy atom.